The first-order valence-corrected chi connectivity index (χ1v) is 11.6. The van der Waals surface area contributed by atoms with Crippen LogP contribution in [0.4, 0.5) is 34.6 Å². The van der Waals surface area contributed by atoms with Crippen molar-refractivity contribution < 1.29 is 179 Å². The third-order valence-electron chi connectivity index (χ3n) is 5.73. The number of nitrogens with zero attached hydrogens (tertiary/aromatic N) is 15. The fourth-order valence-corrected chi connectivity index (χ4v) is 3.66. The Morgan fingerprint density at radius 1 is 0.804 bits per heavy atom. The number of carbonyl (C=O) groups excluding carboxylic acids is 2. The SMILES string of the molecule is Cc1nn(-c2nc([O-])nc(-n3nc(C)c(N=Nc4c(C(=O)[O-])cnn4C)c3N)n2)c(N)c1N=Nc1c([C-]=O)cnn1C.[K+].[K+].[K+].[OH-]. The second kappa shape index (κ2) is 17.7. The Morgan fingerprint density at radius 3 is 1.74 bits per heavy atom. The predicted octanol–water partition coefficient (Wildman–Crippen LogP) is -9.95. The van der Waals surface area contributed by atoms with Crippen LogP contribution in [0.5, 0.6) is 6.01 Å². The maximum Gasteiger partial charge on any atom is 1.00 e. The summed E-state index contributed by atoms with van der Waals surface area (Å²) >= 11 is 0. The molecule has 0 radical (unpaired) electrons. The summed E-state index contributed by atoms with van der Waals surface area (Å²) in [6.45, 7) is 3.13. The number of aromatic carboxylic acids is 1. The summed E-state index contributed by atoms with van der Waals surface area (Å²) < 4.78 is 4.58. The van der Waals surface area contributed by atoms with E-state index in [-0.39, 0.29) is 223 Å². The van der Waals surface area contributed by atoms with Crippen LogP contribution in [0.25, 0.3) is 11.9 Å². The van der Waals surface area contributed by atoms with Crippen LogP contribution >= 0.6 is 0 Å². The van der Waals surface area contributed by atoms with Crippen LogP contribution in [-0.2, 0) is 18.9 Å². The largest absolute Gasteiger partial charge is 1.00 e. The number of aryl methyl sites for hydroxylation is 4. The molecule has 0 atom stereocenters. The van der Waals surface area contributed by atoms with E-state index in [2.05, 4.69) is 55.8 Å². The van der Waals surface area contributed by atoms with Gasteiger partial charge >= 0.3 is 154 Å². The van der Waals surface area contributed by atoms with Crippen molar-refractivity contribution in [3.63, 3.8) is 0 Å². The van der Waals surface area contributed by atoms with Crippen molar-refractivity contribution in [1.82, 2.24) is 54.1 Å². The summed E-state index contributed by atoms with van der Waals surface area (Å²) in [6, 6.07) is -0.962. The van der Waals surface area contributed by atoms with Gasteiger partial charge in [0.05, 0.1) is 47.2 Å². The van der Waals surface area contributed by atoms with Crippen LogP contribution in [0, 0.1) is 13.8 Å². The third-order valence-corrected chi connectivity index (χ3v) is 5.73. The Labute approximate surface area is 386 Å². The van der Waals surface area contributed by atoms with Crippen LogP contribution < -0.4 is 176 Å². The van der Waals surface area contributed by atoms with Gasteiger partial charge in [-0.2, -0.15) is 39.9 Å². The van der Waals surface area contributed by atoms with E-state index in [0.29, 0.717) is 5.69 Å². The molecule has 0 aliphatic rings. The van der Waals surface area contributed by atoms with E-state index >= 15 is 0 Å². The number of nitrogen functional groups attached to an aromatic ring is 2. The topological polar surface area (TPSA) is 322 Å². The second-order valence-corrected chi connectivity index (χ2v) is 8.48. The molecule has 25 heteroatoms. The fourth-order valence-electron chi connectivity index (χ4n) is 3.66. The van der Waals surface area contributed by atoms with Gasteiger partial charge in [-0.15, -0.1) is 10.2 Å². The van der Waals surface area contributed by atoms with E-state index in [4.69, 9.17) is 11.5 Å². The quantitative estimate of drug-likeness (QED) is 0.0860. The number of rotatable bonds is 8. The van der Waals surface area contributed by atoms with Crippen molar-refractivity contribution in [2.24, 2.45) is 34.6 Å². The molecule has 0 fully saturated rings. The van der Waals surface area contributed by atoms with Gasteiger partial charge in [-0.1, -0.05) is 5.56 Å². The summed E-state index contributed by atoms with van der Waals surface area (Å²) in [5.74, 6) is -2.21. The summed E-state index contributed by atoms with van der Waals surface area (Å²) in [6.07, 6.45) is 4.06. The molecule has 5 aromatic rings. The zero-order valence-electron chi connectivity index (χ0n) is 25.6. The van der Waals surface area contributed by atoms with E-state index in [9.17, 15) is 19.8 Å². The summed E-state index contributed by atoms with van der Waals surface area (Å²) in [5, 5.41) is 56.0. The van der Waals surface area contributed by atoms with Crippen LogP contribution in [0.2, 0.25) is 0 Å². The number of aromatic nitrogens is 11. The maximum atomic E-state index is 12.4. The van der Waals surface area contributed by atoms with E-state index in [1.165, 1.54) is 22.6 Å². The minimum Gasteiger partial charge on any atom is -0.870 e. The molecule has 0 unspecified atom stereocenters. The molecule has 5 N–H and O–H groups in total. The van der Waals surface area contributed by atoms with Crippen molar-refractivity contribution >= 4 is 46.9 Å². The molecule has 0 aliphatic heterocycles. The van der Waals surface area contributed by atoms with E-state index in [1.807, 2.05) is 0 Å². The Kier molecular flexibility index (Phi) is 16.4. The molecule has 0 saturated carbocycles. The number of anilines is 2. The van der Waals surface area contributed by atoms with E-state index in [0.717, 1.165) is 15.6 Å². The molecule has 5 heterocycles. The van der Waals surface area contributed by atoms with Gasteiger partial charge in [0.25, 0.3) is 11.9 Å². The van der Waals surface area contributed by atoms with Crippen molar-refractivity contribution in [3.8, 4) is 17.9 Å². The minimum atomic E-state index is -1.49. The molecule has 5 rings (SSSR count). The number of nitrogens with two attached hydrogens (primary N) is 2. The Balaban J connectivity index is 0.00000264. The Bertz CT molecular complexity index is 1940. The number of carbonyl (C=O) groups is 1. The molecule has 0 bridgehead atoms. The van der Waals surface area contributed by atoms with Crippen LogP contribution in [0.1, 0.15) is 27.3 Å². The molecular weight excluding hydrogens is 688 g/mol. The van der Waals surface area contributed by atoms with E-state index in [1.54, 1.807) is 27.2 Å². The molecule has 222 valence electrons. The van der Waals surface area contributed by atoms with Gasteiger partial charge in [-0.05, 0) is 20.0 Å². The van der Waals surface area contributed by atoms with Crippen LogP contribution in [0.3, 0.4) is 0 Å². The number of carboxylic acid groups (broad SMARTS) is 1. The number of carboxylic acids is 1. The zero-order valence-corrected chi connectivity index (χ0v) is 35.0. The molecule has 46 heavy (non-hydrogen) atoms. The first-order valence-electron chi connectivity index (χ1n) is 11.6. The van der Waals surface area contributed by atoms with Crippen LogP contribution in [0.15, 0.2) is 32.9 Å². The predicted molar refractivity (Wildman–Crippen MR) is 138 cm³/mol. The number of hydrogen-bond donors (Lipinski definition) is 2. The molecule has 22 nitrogen and oxygen atoms in total. The van der Waals surface area contributed by atoms with Gasteiger partial charge in [0, 0.05) is 14.1 Å². The smallest absolute Gasteiger partial charge is 0.870 e. The second-order valence-electron chi connectivity index (χ2n) is 8.48. The van der Waals surface area contributed by atoms with Gasteiger partial charge in [-0.3, -0.25) is 5.10 Å². The minimum absolute atomic E-state index is 0. The van der Waals surface area contributed by atoms with Crippen molar-refractivity contribution in [3.05, 3.63) is 34.9 Å². The first-order chi connectivity index (χ1) is 20.0. The summed E-state index contributed by atoms with van der Waals surface area (Å²) in [7, 11) is 3.04. The van der Waals surface area contributed by atoms with Crippen molar-refractivity contribution in [1.29, 1.82) is 0 Å². The Morgan fingerprint density at radius 2 is 1.26 bits per heavy atom. The average Bonchev–Trinajstić information content (AvgIpc) is 3.66. The molecule has 0 spiro atoms. The molecule has 0 amide bonds. The standard InChI is InChI=1S/C21H20N17O4.3K.H2O/c1-8-12(29-31-16-10(7-39)5-24-35(16)3)14(22)37(33-8)19-26-20(28-21(42)27-19)38-15(23)13(9(2)34-38)30-32-17-11(18(40)41)6-25-36(17)4;;;;/h5-6H,22-23H2,1-4H3,(H,40,41)(H,26,27,28,42);;;;1H2/q-1;3*+1;/p-3. The fraction of sp³-hybridized carbons (Fsp3) is 0.190. The van der Waals surface area contributed by atoms with Crippen molar-refractivity contribution in [2.75, 3.05) is 11.5 Å². The zero-order chi connectivity index (χ0) is 30.3. The first kappa shape index (κ1) is 42.5. The third kappa shape index (κ3) is 8.54. The van der Waals surface area contributed by atoms with Gasteiger partial charge in [-0.25, -0.2) is 14.6 Å². The van der Waals surface area contributed by atoms with Crippen molar-refractivity contribution in [2.45, 2.75) is 13.8 Å². The number of azo groups is 2. The van der Waals surface area contributed by atoms with Gasteiger partial charge in [0.2, 0.25) is 0 Å². The molecule has 0 saturated heterocycles. The van der Waals surface area contributed by atoms with Gasteiger partial charge in [0.1, 0.15) is 5.69 Å². The molecule has 5 aromatic heterocycles. The monoisotopic (exact) mass is 706 g/mol. The van der Waals surface area contributed by atoms with Crippen LogP contribution in [-0.4, -0.2) is 71.8 Å². The normalized spacial score (nSPS) is 10.7. The number of hydrogen-bond acceptors (Lipinski definition) is 18. The average molecular weight is 707 g/mol. The van der Waals surface area contributed by atoms with Gasteiger partial charge < -0.3 is 41.4 Å². The molecule has 0 aliphatic carbocycles. The summed E-state index contributed by atoms with van der Waals surface area (Å²) in [4.78, 5) is 34.2. The summed E-state index contributed by atoms with van der Waals surface area (Å²) in [5.41, 5.74) is 13.0. The molecular formula is C21H19K3N17O5-. The van der Waals surface area contributed by atoms with E-state index < -0.39 is 12.0 Å². The molecule has 0 aromatic carbocycles. The maximum absolute atomic E-state index is 12.4. The van der Waals surface area contributed by atoms with Gasteiger partial charge in [0.15, 0.2) is 23.1 Å². The Hall–Kier alpha value is -1.54.